The highest BCUT2D eigenvalue weighted by molar-refractivity contribution is 9.10. The van der Waals surface area contributed by atoms with Gasteiger partial charge in [0, 0.05) is 22.3 Å². The van der Waals surface area contributed by atoms with Crippen LogP contribution in [0.4, 0.5) is 5.69 Å². The molecule has 0 aromatic heterocycles. The van der Waals surface area contributed by atoms with Crippen LogP contribution in [0.2, 0.25) is 0 Å². The molecule has 0 atom stereocenters. The number of nitrogens with one attached hydrogen (secondary N) is 1. The number of aromatic hydroxyl groups is 1. The van der Waals surface area contributed by atoms with Gasteiger partial charge in [-0.15, -0.1) is 0 Å². The van der Waals surface area contributed by atoms with Crippen LogP contribution in [0.1, 0.15) is 11.1 Å². The summed E-state index contributed by atoms with van der Waals surface area (Å²) in [4.78, 5) is 0. The fraction of sp³-hybridized carbons (Fsp3) is 0.143. The van der Waals surface area contributed by atoms with Gasteiger partial charge in [-0.05, 0) is 46.6 Å². The van der Waals surface area contributed by atoms with Gasteiger partial charge >= 0.3 is 0 Å². The summed E-state index contributed by atoms with van der Waals surface area (Å²) in [5.74, 6) is 0.288. The van der Waals surface area contributed by atoms with Crippen molar-refractivity contribution in [3.05, 3.63) is 56.5 Å². The Morgan fingerprint density at radius 2 is 1.89 bits per heavy atom. The summed E-state index contributed by atoms with van der Waals surface area (Å²) in [6.45, 7) is 2.63. The summed E-state index contributed by atoms with van der Waals surface area (Å²) < 4.78 is 1.79. The second kappa shape index (κ2) is 5.76. The molecule has 2 nitrogen and oxygen atoms in total. The summed E-state index contributed by atoms with van der Waals surface area (Å²) in [5, 5.41) is 13.2. The molecule has 18 heavy (non-hydrogen) atoms. The number of benzene rings is 2. The lowest BCUT2D eigenvalue weighted by molar-refractivity contribution is 0.465. The topological polar surface area (TPSA) is 32.3 Å². The van der Waals surface area contributed by atoms with Crippen LogP contribution in [-0.4, -0.2) is 5.11 Å². The Labute approximate surface area is 123 Å². The highest BCUT2D eigenvalue weighted by Gasteiger charge is 2.04. The SMILES string of the molecule is Cc1ccc(NCc2cccc(Br)c2O)cc1Br. The second-order valence-corrected chi connectivity index (χ2v) is 5.77. The molecule has 0 saturated carbocycles. The average molecular weight is 371 g/mol. The Bertz CT molecular complexity index is 570. The summed E-state index contributed by atoms with van der Waals surface area (Å²) in [5.41, 5.74) is 3.08. The van der Waals surface area contributed by atoms with E-state index in [1.54, 1.807) is 0 Å². The molecule has 4 heteroatoms. The van der Waals surface area contributed by atoms with E-state index in [9.17, 15) is 5.11 Å². The van der Waals surface area contributed by atoms with Gasteiger partial charge in [-0.2, -0.15) is 0 Å². The molecule has 0 aliphatic carbocycles. The molecule has 2 N–H and O–H groups in total. The quantitative estimate of drug-likeness (QED) is 0.810. The number of para-hydroxylation sites is 1. The van der Waals surface area contributed by atoms with Crippen LogP contribution in [0.25, 0.3) is 0 Å². The van der Waals surface area contributed by atoms with E-state index in [0.29, 0.717) is 11.0 Å². The van der Waals surface area contributed by atoms with Crippen molar-refractivity contribution in [2.75, 3.05) is 5.32 Å². The maximum Gasteiger partial charge on any atom is 0.134 e. The molecule has 0 aliphatic rings. The lowest BCUT2D eigenvalue weighted by Crippen LogP contribution is -2.00. The molecule has 0 bridgehead atoms. The van der Waals surface area contributed by atoms with E-state index in [-0.39, 0.29) is 5.75 Å². The Hall–Kier alpha value is -1.000. The molecule has 0 spiro atoms. The Morgan fingerprint density at radius 1 is 1.11 bits per heavy atom. The molecule has 0 radical (unpaired) electrons. The number of aryl methyl sites for hydroxylation is 1. The largest absolute Gasteiger partial charge is 0.506 e. The third-order valence-corrected chi connectivity index (χ3v) is 4.22. The Morgan fingerprint density at radius 3 is 2.61 bits per heavy atom. The molecule has 94 valence electrons. The van der Waals surface area contributed by atoms with Gasteiger partial charge in [0.1, 0.15) is 5.75 Å². The van der Waals surface area contributed by atoms with Crippen molar-refractivity contribution in [2.24, 2.45) is 0 Å². The first-order valence-electron chi connectivity index (χ1n) is 5.54. The first kappa shape index (κ1) is 13.4. The van der Waals surface area contributed by atoms with E-state index in [1.165, 1.54) is 5.56 Å². The monoisotopic (exact) mass is 369 g/mol. The lowest BCUT2D eigenvalue weighted by Gasteiger charge is -2.10. The first-order chi connectivity index (χ1) is 8.58. The van der Waals surface area contributed by atoms with Gasteiger partial charge in [0.2, 0.25) is 0 Å². The van der Waals surface area contributed by atoms with Gasteiger partial charge in [-0.25, -0.2) is 0 Å². The summed E-state index contributed by atoms with van der Waals surface area (Å²) in [6, 6.07) is 11.7. The number of halogens is 2. The molecule has 2 aromatic rings. The van der Waals surface area contributed by atoms with Crippen LogP contribution in [0.3, 0.4) is 0 Å². The predicted octanol–water partition coefficient (Wildman–Crippen LogP) is 4.84. The molecule has 2 rings (SSSR count). The first-order valence-corrected chi connectivity index (χ1v) is 7.13. The van der Waals surface area contributed by atoms with Crippen molar-refractivity contribution in [2.45, 2.75) is 13.5 Å². The van der Waals surface area contributed by atoms with E-state index in [0.717, 1.165) is 15.7 Å². The molecule has 2 aromatic carbocycles. The zero-order valence-electron chi connectivity index (χ0n) is 9.87. The Balaban J connectivity index is 2.11. The number of rotatable bonds is 3. The number of hydrogen-bond acceptors (Lipinski definition) is 2. The van der Waals surface area contributed by atoms with Gasteiger partial charge in [0.05, 0.1) is 4.47 Å². The fourth-order valence-corrected chi connectivity index (χ4v) is 2.39. The van der Waals surface area contributed by atoms with Crippen molar-refractivity contribution in [3.63, 3.8) is 0 Å². The van der Waals surface area contributed by atoms with Gasteiger partial charge in [0.15, 0.2) is 0 Å². The van der Waals surface area contributed by atoms with Crippen molar-refractivity contribution < 1.29 is 5.11 Å². The van der Waals surface area contributed by atoms with Crippen LogP contribution in [-0.2, 0) is 6.54 Å². The van der Waals surface area contributed by atoms with Crippen molar-refractivity contribution >= 4 is 37.5 Å². The molecular formula is C14H13Br2NO. The molecule has 0 unspecified atom stereocenters. The molecular weight excluding hydrogens is 358 g/mol. The average Bonchev–Trinajstić information content (AvgIpc) is 2.35. The minimum absolute atomic E-state index is 0.288. The van der Waals surface area contributed by atoms with E-state index < -0.39 is 0 Å². The van der Waals surface area contributed by atoms with Crippen LogP contribution < -0.4 is 5.32 Å². The number of phenols is 1. The zero-order valence-corrected chi connectivity index (χ0v) is 13.0. The van der Waals surface area contributed by atoms with E-state index in [2.05, 4.69) is 37.2 Å². The van der Waals surface area contributed by atoms with Gasteiger partial charge in [-0.3, -0.25) is 0 Å². The second-order valence-electron chi connectivity index (χ2n) is 4.07. The summed E-state index contributed by atoms with van der Waals surface area (Å²) in [7, 11) is 0. The minimum Gasteiger partial charge on any atom is -0.506 e. The normalized spacial score (nSPS) is 10.4. The van der Waals surface area contributed by atoms with Crippen molar-refractivity contribution in [3.8, 4) is 5.75 Å². The highest BCUT2D eigenvalue weighted by Crippen LogP contribution is 2.28. The highest BCUT2D eigenvalue weighted by atomic mass is 79.9. The minimum atomic E-state index is 0.288. The van der Waals surface area contributed by atoms with E-state index in [1.807, 2.05) is 43.3 Å². The van der Waals surface area contributed by atoms with Crippen molar-refractivity contribution in [1.29, 1.82) is 0 Å². The summed E-state index contributed by atoms with van der Waals surface area (Å²) in [6.07, 6.45) is 0. The van der Waals surface area contributed by atoms with E-state index >= 15 is 0 Å². The maximum atomic E-state index is 9.88. The summed E-state index contributed by atoms with van der Waals surface area (Å²) >= 11 is 6.81. The van der Waals surface area contributed by atoms with Crippen LogP contribution in [0.5, 0.6) is 5.75 Å². The number of phenolic OH excluding ortho intramolecular Hbond substituents is 1. The van der Waals surface area contributed by atoms with Gasteiger partial charge < -0.3 is 10.4 Å². The van der Waals surface area contributed by atoms with Gasteiger partial charge in [0.25, 0.3) is 0 Å². The van der Waals surface area contributed by atoms with Crippen LogP contribution >= 0.6 is 31.9 Å². The molecule has 0 fully saturated rings. The van der Waals surface area contributed by atoms with Crippen LogP contribution in [0, 0.1) is 6.92 Å². The maximum absolute atomic E-state index is 9.88. The molecule has 0 amide bonds. The number of anilines is 1. The third kappa shape index (κ3) is 3.06. The fourth-order valence-electron chi connectivity index (χ4n) is 1.60. The molecule has 0 aliphatic heterocycles. The molecule has 0 heterocycles. The van der Waals surface area contributed by atoms with Gasteiger partial charge in [-0.1, -0.05) is 34.1 Å². The Kier molecular flexibility index (Phi) is 4.30. The molecule has 0 saturated heterocycles. The van der Waals surface area contributed by atoms with Crippen molar-refractivity contribution in [1.82, 2.24) is 0 Å². The standard InChI is InChI=1S/C14H13Br2NO/c1-9-5-6-11(7-13(9)16)17-8-10-3-2-4-12(15)14(10)18/h2-7,17-18H,8H2,1H3. The third-order valence-electron chi connectivity index (χ3n) is 2.73. The number of hydrogen-bond donors (Lipinski definition) is 2. The predicted molar refractivity (Wildman–Crippen MR) is 82.0 cm³/mol. The van der Waals surface area contributed by atoms with Crippen LogP contribution in [0.15, 0.2) is 45.3 Å². The van der Waals surface area contributed by atoms with E-state index in [4.69, 9.17) is 0 Å². The zero-order chi connectivity index (χ0) is 13.1. The smallest absolute Gasteiger partial charge is 0.134 e. The lowest BCUT2D eigenvalue weighted by atomic mass is 10.2.